The Hall–Kier alpha value is -1.27. The van der Waals surface area contributed by atoms with E-state index < -0.39 is 4.92 Å². The minimum atomic E-state index is -0.554. The van der Waals surface area contributed by atoms with E-state index in [4.69, 9.17) is 11.6 Å². The molecule has 1 atom stereocenters. The van der Waals surface area contributed by atoms with Crippen molar-refractivity contribution in [3.8, 4) is 0 Å². The Balaban J connectivity index is 2.17. The molecule has 0 radical (unpaired) electrons. The van der Waals surface area contributed by atoms with Crippen molar-refractivity contribution in [2.75, 3.05) is 18.8 Å². The summed E-state index contributed by atoms with van der Waals surface area (Å²) in [7, 11) is 0. The van der Waals surface area contributed by atoms with Crippen LogP contribution in [0.4, 0.5) is 5.69 Å². The molecule has 1 amide bonds. The molecule has 0 N–H and O–H groups in total. The molecule has 0 aromatic heterocycles. The Morgan fingerprint density at radius 1 is 1.60 bits per heavy atom. The first-order valence-corrected chi connectivity index (χ1v) is 7.80. The Morgan fingerprint density at radius 3 is 2.95 bits per heavy atom. The Kier molecular flexibility index (Phi) is 4.88. The maximum Gasteiger partial charge on any atom is 0.287 e. The van der Waals surface area contributed by atoms with E-state index in [9.17, 15) is 14.9 Å². The lowest BCUT2D eigenvalue weighted by Crippen LogP contribution is -2.41. The molecule has 1 saturated heterocycles. The number of hydrogen-bond donors (Lipinski definition) is 0. The van der Waals surface area contributed by atoms with E-state index in [0.29, 0.717) is 23.9 Å². The molecule has 5 nitrogen and oxygen atoms in total. The Labute approximate surface area is 126 Å². The number of carbonyl (C=O) groups excluding carboxylic acids is 1. The third-order valence-electron chi connectivity index (χ3n) is 3.27. The minimum Gasteiger partial charge on any atom is -0.337 e. The van der Waals surface area contributed by atoms with Crippen molar-refractivity contribution in [3.63, 3.8) is 0 Å². The first-order chi connectivity index (χ1) is 9.52. The number of carbonyl (C=O) groups is 1. The second-order valence-corrected chi connectivity index (χ2v) is 6.39. The van der Waals surface area contributed by atoms with E-state index in [-0.39, 0.29) is 16.6 Å². The lowest BCUT2D eigenvalue weighted by molar-refractivity contribution is -0.384. The molecule has 0 spiro atoms. The third kappa shape index (κ3) is 3.24. The van der Waals surface area contributed by atoms with Crippen molar-refractivity contribution in [2.45, 2.75) is 18.6 Å². The highest BCUT2D eigenvalue weighted by molar-refractivity contribution is 8.00. The van der Waals surface area contributed by atoms with Gasteiger partial charge < -0.3 is 4.90 Å². The van der Waals surface area contributed by atoms with Gasteiger partial charge >= 0.3 is 0 Å². The quantitative estimate of drug-likeness (QED) is 0.635. The van der Waals surface area contributed by atoms with Crippen LogP contribution in [0.3, 0.4) is 0 Å². The highest BCUT2D eigenvalue weighted by Gasteiger charge is 2.25. The van der Waals surface area contributed by atoms with Gasteiger partial charge in [0.15, 0.2) is 0 Å². The molecule has 0 aliphatic carbocycles. The molecule has 1 aromatic carbocycles. The zero-order valence-electron chi connectivity index (χ0n) is 11.0. The van der Waals surface area contributed by atoms with Crippen molar-refractivity contribution in [2.24, 2.45) is 0 Å². The molecule has 1 fully saturated rings. The fourth-order valence-corrected chi connectivity index (χ4v) is 3.55. The summed E-state index contributed by atoms with van der Waals surface area (Å²) in [6.45, 7) is 3.53. The summed E-state index contributed by atoms with van der Waals surface area (Å²) < 4.78 is 0. The highest BCUT2D eigenvalue weighted by Crippen LogP contribution is 2.27. The number of hydrogen-bond acceptors (Lipinski definition) is 4. The van der Waals surface area contributed by atoms with E-state index in [1.165, 1.54) is 18.2 Å². The number of benzene rings is 1. The summed E-state index contributed by atoms with van der Waals surface area (Å²) in [6.07, 6.45) is 1.02. The van der Waals surface area contributed by atoms with Crippen LogP contribution in [0.1, 0.15) is 23.7 Å². The summed E-state index contributed by atoms with van der Waals surface area (Å²) in [6, 6.07) is 4.13. The predicted octanol–water partition coefficient (Wildman–Crippen LogP) is 3.22. The SMILES string of the molecule is CCC1CN(C(=O)c2ccc([N+](=O)[O-])c(Cl)c2)CCS1. The van der Waals surface area contributed by atoms with Crippen LogP contribution in [0.15, 0.2) is 18.2 Å². The molecule has 1 aliphatic rings. The summed E-state index contributed by atoms with van der Waals surface area (Å²) in [5, 5.41) is 11.2. The number of nitrogens with zero attached hydrogens (tertiary/aromatic N) is 2. The van der Waals surface area contributed by atoms with Gasteiger partial charge in [0.2, 0.25) is 0 Å². The lowest BCUT2D eigenvalue weighted by Gasteiger charge is -2.32. The van der Waals surface area contributed by atoms with Crippen molar-refractivity contribution >= 4 is 35.0 Å². The fraction of sp³-hybridized carbons (Fsp3) is 0.462. The number of nitro groups is 1. The normalized spacial score (nSPS) is 18.9. The molecule has 7 heteroatoms. The molecule has 1 unspecified atom stereocenters. The largest absolute Gasteiger partial charge is 0.337 e. The van der Waals surface area contributed by atoms with Crippen molar-refractivity contribution < 1.29 is 9.72 Å². The molecule has 1 aromatic rings. The van der Waals surface area contributed by atoms with Crippen LogP contribution in [0.5, 0.6) is 0 Å². The van der Waals surface area contributed by atoms with Gasteiger partial charge in [0.1, 0.15) is 5.02 Å². The van der Waals surface area contributed by atoms with Gasteiger partial charge in [-0.1, -0.05) is 18.5 Å². The van der Waals surface area contributed by atoms with Crippen LogP contribution in [0.25, 0.3) is 0 Å². The summed E-state index contributed by atoms with van der Waals surface area (Å²) in [5.74, 6) is 0.811. The molecule has 1 heterocycles. The predicted molar refractivity (Wildman–Crippen MR) is 80.5 cm³/mol. The van der Waals surface area contributed by atoms with E-state index in [2.05, 4.69) is 6.92 Å². The first kappa shape index (κ1) is 15.1. The van der Waals surface area contributed by atoms with E-state index >= 15 is 0 Å². The summed E-state index contributed by atoms with van der Waals surface area (Å²) >= 11 is 7.73. The van der Waals surface area contributed by atoms with Gasteiger partial charge in [0, 0.05) is 35.7 Å². The number of thioether (sulfide) groups is 1. The molecular weight excluding hydrogens is 300 g/mol. The van der Waals surface area contributed by atoms with Gasteiger partial charge in [-0.25, -0.2) is 0 Å². The Bertz CT molecular complexity index is 538. The number of nitro benzene ring substituents is 1. The third-order valence-corrected chi connectivity index (χ3v) is 4.95. The lowest BCUT2D eigenvalue weighted by atomic mass is 10.1. The minimum absolute atomic E-state index is 0.000670. The second-order valence-electron chi connectivity index (χ2n) is 4.58. The summed E-state index contributed by atoms with van der Waals surface area (Å²) in [4.78, 5) is 24.3. The molecule has 0 bridgehead atoms. The van der Waals surface area contributed by atoms with Gasteiger partial charge in [0.05, 0.1) is 4.92 Å². The van der Waals surface area contributed by atoms with Gasteiger partial charge in [-0.15, -0.1) is 0 Å². The summed E-state index contributed by atoms with van der Waals surface area (Å²) in [5.41, 5.74) is 0.228. The van der Waals surface area contributed by atoms with Gasteiger partial charge in [-0.3, -0.25) is 14.9 Å². The topological polar surface area (TPSA) is 63.5 Å². The second kappa shape index (κ2) is 6.45. The first-order valence-electron chi connectivity index (χ1n) is 6.37. The van der Waals surface area contributed by atoms with Crippen molar-refractivity contribution in [3.05, 3.63) is 38.9 Å². The van der Waals surface area contributed by atoms with Gasteiger partial charge in [-0.05, 0) is 18.6 Å². The zero-order chi connectivity index (χ0) is 14.7. The smallest absolute Gasteiger partial charge is 0.287 e. The number of amides is 1. The molecule has 20 heavy (non-hydrogen) atoms. The van der Waals surface area contributed by atoms with E-state index in [1.54, 1.807) is 4.90 Å². The van der Waals surface area contributed by atoms with Crippen LogP contribution in [-0.4, -0.2) is 39.8 Å². The maximum atomic E-state index is 12.4. The molecule has 0 saturated carbocycles. The van der Waals surface area contributed by atoms with Crippen molar-refractivity contribution in [1.82, 2.24) is 4.90 Å². The van der Waals surface area contributed by atoms with E-state index in [1.807, 2.05) is 11.8 Å². The van der Waals surface area contributed by atoms with Crippen LogP contribution in [-0.2, 0) is 0 Å². The Morgan fingerprint density at radius 2 is 2.35 bits per heavy atom. The van der Waals surface area contributed by atoms with Crippen molar-refractivity contribution in [1.29, 1.82) is 0 Å². The van der Waals surface area contributed by atoms with Crippen LogP contribution < -0.4 is 0 Å². The van der Waals surface area contributed by atoms with Gasteiger partial charge in [0.25, 0.3) is 11.6 Å². The molecule has 1 aliphatic heterocycles. The molecular formula is C13H15ClN2O3S. The van der Waals surface area contributed by atoms with E-state index in [0.717, 1.165) is 12.2 Å². The molecule has 2 rings (SSSR count). The number of rotatable bonds is 3. The maximum absolute atomic E-state index is 12.4. The number of halogens is 1. The van der Waals surface area contributed by atoms with Crippen LogP contribution in [0.2, 0.25) is 5.02 Å². The molecule has 108 valence electrons. The van der Waals surface area contributed by atoms with Gasteiger partial charge in [-0.2, -0.15) is 11.8 Å². The van der Waals surface area contributed by atoms with Crippen LogP contribution in [0, 0.1) is 10.1 Å². The average molecular weight is 315 g/mol. The highest BCUT2D eigenvalue weighted by atomic mass is 35.5. The average Bonchev–Trinajstić information content (AvgIpc) is 2.46. The zero-order valence-corrected chi connectivity index (χ0v) is 12.6. The van der Waals surface area contributed by atoms with Crippen LogP contribution >= 0.6 is 23.4 Å². The monoisotopic (exact) mass is 314 g/mol. The standard InChI is InChI=1S/C13H15ClN2O3S/c1-2-10-8-15(5-6-20-10)13(17)9-3-4-12(16(18)19)11(14)7-9/h3-4,7,10H,2,5-6,8H2,1H3. The fourth-order valence-electron chi connectivity index (χ4n) is 2.12.